The lowest BCUT2D eigenvalue weighted by molar-refractivity contribution is 0.204. The molecule has 0 spiro atoms. The first-order valence-electron chi connectivity index (χ1n) is 6.84. The molecule has 4 nitrogen and oxygen atoms in total. The Labute approximate surface area is 124 Å². The van der Waals surface area contributed by atoms with Crippen LogP contribution in [0.25, 0.3) is 0 Å². The van der Waals surface area contributed by atoms with Gasteiger partial charge in [0.05, 0.1) is 6.61 Å². The smallest absolute Gasteiger partial charge is 0.133 e. The molecule has 0 N–H and O–H groups in total. The molecule has 0 amide bonds. The summed E-state index contributed by atoms with van der Waals surface area (Å²) in [6.45, 7) is 9.09. The van der Waals surface area contributed by atoms with Gasteiger partial charge in [-0.2, -0.15) is 0 Å². The largest absolute Gasteiger partial charge is 0.383 e. The van der Waals surface area contributed by atoms with Crippen molar-refractivity contribution in [3.05, 3.63) is 16.5 Å². The van der Waals surface area contributed by atoms with Crippen LogP contribution in [0.1, 0.15) is 33.0 Å². The fourth-order valence-electron chi connectivity index (χ4n) is 1.89. The average Bonchev–Trinajstić information content (AvgIpc) is 2.33. The van der Waals surface area contributed by atoms with Gasteiger partial charge >= 0.3 is 0 Å². The van der Waals surface area contributed by atoms with Gasteiger partial charge < -0.3 is 9.64 Å². The van der Waals surface area contributed by atoms with Gasteiger partial charge in [-0.1, -0.05) is 20.8 Å². The van der Waals surface area contributed by atoms with E-state index in [9.17, 15) is 0 Å². The van der Waals surface area contributed by atoms with Gasteiger partial charge in [0, 0.05) is 32.7 Å². The molecule has 108 valence electrons. The summed E-state index contributed by atoms with van der Waals surface area (Å²) >= 11 is 3.48. The molecule has 0 aliphatic rings. The van der Waals surface area contributed by atoms with Gasteiger partial charge in [0.2, 0.25) is 0 Å². The molecule has 1 aromatic rings. The predicted molar refractivity (Wildman–Crippen MR) is 82.7 cm³/mol. The minimum absolute atomic E-state index is 0.584. The lowest BCUT2D eigenvalue weighted by Crippen LogP contribution is -2.32. The van der Waals surface area contributed by atoms with Gasteiger partial charge in [0.25, 0.3) is 0 Å². The van der Waals surface area contributed by atoms with Gasteiger partial charge in [0.1, 0.15) is 16.2 Å². The molecule has 0 unspecified atom stereocenters. The lowest BCUT2D eigenvalue weighted by atomic mass is 10.2. The molecule has 0 aliphatic carbocycles. The molecule has 0 aromatic carbocycles. The van der Waals surface area contributed by atoms with Gasteiger partial charge in [-0.25, -0.2) is 9.97 Å². The Morgan fingerprint density at radius 3 is 2.68 bits per heavy atom. The number of ether oxygens (including phenoxy) is 1. The highest BCUT2D eigenvalue weighted by Gasteiger charge is 2.12. The molecule has 19 heavy (non-hydrogen) atoms. The summed E-state index contributed by atoms with van der Waals surface area (Å²) in [5.74, 6) is 2.47. The van der Waals surface area contributed by atoms with E-state index in [1.165, 1.54) is 0 Å². The van der Waals surface area contributed by atoms with E-state index in [1.807, 2.05) is 6.07 Å². The van der Waals surface area contributed by atoms with Crippen LogP contribution in [-0.2, 0) is 11.2 Å². The van der Waals surface area contributed by atoms with E-state index in [1.54, 1.807) is 7.11 Å². The van der Waals surface area contributed by atoms with Crippen LogP contribution in [0.3, 0.4) is 0 Å². The minimum Gasteiger partial charge on any atom is -0.383 e. The first-order chi connectivity index (χ1) is 9.06. The highest BCUT2D eigenvalue weighted by Crippen LogP contribution is 2.18. The van der Waals surface area contributed by atoms with Crippen molar-refractivity contribution in [1.29, 1.82) is 0 Å². The number of aryl methyl sites for hydroxylation is 1. The van der Waals surface area contributed by atoms with Crippen molar-refractivity contribution in [2.24, 2.45) is 5.92 Å². The highest BCUT2D eigenvalue weighted by atomic mass is 79.9. The monoisotopic (exact) mass is 329 g/mol. The fraction of sp³-hybridized carbons (Fsp3) is 0.714. The van der Waals surface area contributed by atoms with Gasteiger partial charge in [0.15, 0.2) is 0 Å². The first-order valence-corrected chi connectivity index (χ1v) is 7.63. The molecule has 5 heteroatoms. The Bertz CT molecular complexity index is 385. The molecule has 0 aliphatic heterocycles. The van der Waals surface area contributed by atoms with E-state index < -0.39 is 0 Å². The molecule has 1 aromatic heterocycles. The van der Waals surface area contributed by atoms with Crippen LogP contribution in [0.2, 0.25) is 0 Å². The fourth-order valence-corrected chi connectivity index (χ4v) is 2.30. The van der Waals surface area contributed by atoms with E-state index in [0.29, 0.717) is 12.5 Å². The summed E-state index contributed by atoms with van der Waals surface area (Å²) < 4.78 is 6.04. The zero-order valence-corrected chi connectivity index (χ0v) is 13.9. The van der Waals surface area contributed by atoms with E-state index in [2.05, 4.69) is 51.6 Å². The molecule has 0 radical (unpaired) electrons. The van der Waals surface area contributed by atoms with Crippen LogP contribution < -0.4 is 4.90 Å². The Hall–Kier alpha value is -0.680. The maximum Gasteiger partial charge on any atom is 0.133 e. The molecule has 0 bridgehead atoms. The first kappa shape index (κ1) is 16.4. The number of aromatic nitrogens is 2. The second-order valence-corrected chi connectivity index (χ2v) is 5.86. The van der Waals surface area contributed by atoms with E-state index in [-0.39, 0.29) is 0 Å². The van der Waals surface area contributed by atoms with Crippen molar-refractivity contribution in [2.45, 2.75) is 33.6 Å². The third-order valence-electron chi connectivity index (χ3n) is 2.68. The van der Waals surface area contributed by atoms with Crippen molar-refractivity contribution in [3.63, 3.8) is 0 Å². The average molecular weight is 330 g/mol. The predicted octanol–water partition coefficient (Wildman–Crippen LogP) is 3.30. The number of nitrogens with zero attached hydrogens (tertiary/aromatic N) is 3. The summed E-state index contributed by atoms with van der Waals surface area (Å²) in [6, 6.07) is 1.98. The second-order valence-electron chi connectivity index (χ2n) is 5.05. The zero-order valence-electron chi connectivity index (χ0n) is 12.3. The Morgan fingerprint density at radius 2 is 2.11 bits per heavy atom. The van der Waals surface area contributed by atoms with Crippen LogP contribution in [-0.4, -0.2) is 36.8 Å². The maximum absolute atomic E-state index is 5.19. The molecule has 0 fully saturated rings. The molecule has 1 heterocycles. The highest BCUT2D eigenvalue weighted by molar-refractivity contribution is 9.10. The number of methoxy groups -OCH3 is 1. The van der Waals surface area contributed by atoms with Gasteiger partial charge in [-0.15, -0.1) is 0 Å². The summed E-state index contributed by atoms with van der Waals surface area (Å²) in [5.41, 5.74) is 0. The van der Waals surface area contributed by atoms with Crippen molar-refractivity contribution >= 4 is 21.7 Å². The third kappa shape index (κ3) is 5.87. The Kier molecular flexibility index (Phi) is 7.31. The zero-order chi connectivity index (χ0) is 14.3. The van der Waals surface area contributed by atoms with Crippen molar-refractivity contribution < 1.29 is 4.74 Å². The number of anilines is 1. The van der Waals surface area contributed by atoms with Crippen molar-refractivity contribution in [1.82, 2.24) is 9.97 Å². The van der Waals surface area contributed by atoms with Gasteiger partial charge in [-0.3, -0.25) is 0 Å². The molecule has 0 saturated carbocycles. The minimum atomic E-state index is 0.584. The number of halogens is 1. The summed E-state index contributed by atoms with van der Waals surface area (Å²) in [4.78, 5) is 11.3. The van der Waals surface area contributed by atoms with E-state index in [4.69, 9.17) is 4.74 Å². The lowest BCUT2D eigenvalue weighted by Gasteiger charge is -2.25. The topological polar surface area (TPSA) is 38.2 Å². The Balaban J connectivity index is 2.92. The normalized spacial score (nSPS) is 11.1. The van der Waals surface area contributed by atoms with Crippen LogP contribution in [0.15, 0.2) is 10.7 Å². The molecule has 0 atom stereocenters. The SMILES string of the molecule is CCCc1nc(Br)cc(N(CCOC)CC(C)C)n1. The quantitative estimate of drug-likeness (QED) is 0.686. The van der Waals surface area contributed by atoms with E-state index in [0.717, 1.165) is 42.2 Å². The van der Waals surface area contributed by atoms with Crippen molar-refractivity contribution in [2.75, 3.05) is 31.7 Å². The Morgan fingerprint density at radius 1 is 1.37 bits per heavy atom. The van der Waals surface area contributed by atoms with Gasteiger partial charge in [-0.05, 0) is 28.3 Å². The summed E-state index contributed by atoms with van der Waals surface area (Å²) in [5, 5.41) is 0. The van der Waals surface area contributed by atoms with Crippen LogP contribution in [0.4, 0.5) is 5.82 Å². The number of hydrogen-bond donors (Lipinski definition) is 0. The second kappa shape index (κ2) is 8.48. The van der Waals surface area contributed by atoms with Crippen LogP contribution in [0.5, 0.6) is 0 Å². The van der Waals surface area contributed by atoms with E-state index >= 15 is 0 Å². The number of rotatable bonds is 8. The maximum atomic E-state index is 5.19. The van der Waals surface area contributed by atoms with Crippen LogP contribution >= 0.6 is 15.9 Å². The standard InChI is InChI=1S/C14H24BrN3O/c1-5-6-13-16-12(15)9-14(17-13)18(7-8-19-4)10-11(2)3/h9,11H,5-8,10H2,1-4H3. The third-order valence-corrected chi connectivity index (χ3v) is 3.08. The molecular weight excluding hydrogens is 306 g/mol. The molecule has 0 saturated heterocycles. The molecular formula is C14H24BrN3O. The summed E-state index contributed by atoms with van der Waals surface area (Å²) in [7, 11) is 1.73. The molecule has 1 rings (SSSR count). The van der Waals surface area contributed by atoms with Crippen molar-refractivity contribution in [3.8, 4) is 0 Å². The summed E-state index contributed by atoms with van der Waals surface area (Å²) in [6.07, 6.45) is 1.96. The van der Waals surface area contributed by atoms with Crippen LogP contribution in [0, 0.1) is 5.92 Å². The number of hydrogen-bond acceptors (Lipinski definition) is 4.